The van der Waals surface area contributed by atoms with Crippen molar-refractivity contribution in [3.63, 3.8) is 0 Å². The molecule has 6 heteroatoms. The number of nitriles is 1. The zero-order valence-electron chi connectivity index (χ0n) is 15.3. The van der Waals surface area contributed by atoms with Crippen LogP contribution in [0.1, 0.15) is 22.4 Å². The molecule has 0 bridgehead atoms. The summed E-state index contributed by atoms with van der Waals surface area (Å²) in [6.45, 7) is 4.40. The van der Waals surface area contributed by atoms with E-state index in [1.165, 1.54) is 0 Å². The van der Waals surface area contributed by atoms with E-state index in [2.05, 4.69) is 21.6 Å². The van der Waals surface area contributed by atoms with Gasteiger partial charge in [-0.3, -0.25) is 0 Å². The minimum atomic E-state index is 0.544. The Hall–Kier alpha value is -3.33. The predicted molar refractivity (Wildman–Crippen MR) is 101 cm³/mol. The van der Waals surface area contributed by atoms with Crippen molar-refractivity contribution in [3.8, 4) is 17.6 Å². The van der Waals surface area contributed by atoms with Gasteiger partial charge in [-0.2, -0.15) is 10.4 Å². The molecule has 132 valence electrons. The number of aromatic nitrogens is 2. The third kappa shape index (κ3) is 3.11. The number of aryl methyl sites for hydroxylation is 1. The maximum absolute atomic E-state index is 9.19. The molecule has 3 aromatic rings. The molecule has 0 spiro atoms. The van der Waals surface area contributed by atoms with Crippen LogP contribution < -0.4 is 14.8 Å². The summed E-state index contributed by atoms with van der Waals surface area (Å²) in [5.41, 5.74) is 3.50. The van der Waals surface area contributed by atoms with Gasteiger partial charge in [0.1, 0.15) is 0 Å². The van der Waals surface area contributed by atoms with E-state index in [1.807, 2.05) is 44.2 Å². The number of methoxy groups -OCH3 is 2. The molecule has 3 rings (SSSR count). The van der Waals surface area contributed by atoms with E-state index >= 15 is 0 Å². The zero-order chi connectivity index (χ0) is 18.7. The quantitative estimate of drug-likeness (QED) is 0.756. The maximum atomic E-state index is 9.19. The average molecular weight is 348 g/mol. The molecule has 1 heterocycles. The Morgan fingerprint density at radius 3 is 2.38 bits per heavy atom. The lowest BCUT2D eigenvalue weighted by molar-refractivity contribution is 0.356. The largest absolute Gasteiger partial charge is 0.493 e. The second-order valence-corrected chi connectivity index (χ2v) is 5.94. The number of nitrogens with zero attached hydrogens (tertiary/aromatic N) is 3. The minimum absolute atomic E-state index is 0.544. The van der Waals surface area contributed by atoms with Crippen LogP contribution in [0, 0.1) is 25.2 Å². The van der Waals surface area contributed by atoms with Gasteiger partial charge in [0.15, 0.2) is 17.3 Å². The van der Waals surface area contributed by atoms with E-state index in [0.717, 1.165) is 27.6 Å². The lowest BCUT2D eigenvalue weighted by atomic mass is 10.0. The summed E-state index contributed by atoms with van der Waals surface area (Å²) < 4.78 is 10.8. The number of fused-ring (bicyclic) bond motifs is 1. The molecule has 26 heavy (non-hydrogen) atoms. The van der Waals surface area contributed by atoms with E-state index in [4.69, 9.17) is 9.47 Å². The zero-order valence-corrected chi connectivity index (χ0v) is 15.3. The fourth-order valence-electron chi connectivity index (χ4n) is 2.91. The van der Waals surface area contributed by atoms with Gasteiger partial charge in [0.05, 0.1) is 31.5 Å². The lowest BCUT2D eigenvalue weighted by Crippen LogP contribution is -2.06. The molecule has 0 aliphatic carbocycles. The van der Waals surface area contributed by atoms with E-state index in [1.54, 1.807) is 14.2 Å². The highest BCUT2D eigenvalue weighted by molar-refractivity contribution is 5.95. The fraction of sp³-hybridized carbons (Fsp3) is 0.250. The third-order valence-corrected chi connectivity index (χ3v) is 4.48. The van der Waals surface area contributed by atoms with E-state index in [-0.39, 0.29) is 0 Å². The normalized spacial score (nSPS) is 10.4. The molecule has 0 saturated carbocycles. The van der Waals surface area contributed by atoms with Crippen LogP contribution in [-0.2, 0) is 6.54 Å². The SMILES string of the molecule is COc1cc2c(C)nnc(NCc3cccc(C#N)c3C)c2cc1OC. The Morgan fingerprint density at radius 1 is 1.04 bits per heavy atom. The Morgan fingerprint density at radius 2 is 1.73 bits per heavy atom. The molecule has 0 amide bonds. The molecule has 0 aliphatic rings. The first kappa shape index (κ1) is 17.5. The molecule has 1 aromatic heterocycles. The molecule has 0 aliphatic heterocycles. The average Bonchev–Trinajstić information content (AvgIpc) is 2.67. The predicted octanol–water partition coefficient (Wildman–Crippen LogP) is 3.75. The number of hydrogen-bond acceptors (Lipinski definition) is 6. The molecule has 1 N–H and O–H groups in total. The monoisotopic (exact) mass is 348 g/mol. The van der Waals surface area contributed by atoms with Crippen LogP contribution in [0.5, 0.6) is 11.5 Å². The molecule has 6 nitrogen and oxygen atoms in total. The summed E-state index contributed by atoms with van der Waals surface area (Å²) in [7, 11) is 3.22. The van der Waals surface area contributed by atoms with Crippen molar-refractivity contribution in [1.82, 2.24) is 10.2 Å². The topological polar surface area (TPSA) is 80.1 Å². The van der Waals surface area contributed by atoms with Crippen LogP contribution in [0.15, 0.2) is 30.3 Å². The van der Waals surface area contributed by atoms with Crippen LogP contribution in [0.25, 0.3) is 10.8 Å². The molecule has 2 aromatic carbocycles. The summed E-state index contributed by atoms with van der Waals surface area (Å²) in [6, 6.07) is 11.7. The number of hydrogen-bond donors (Lipinski definition) is 1. The first-order valence-electron chi connectivity index (χ1n) is 8.20. The number of anilines is 1. The second kappa shape index (κ2) is 7.28. The van der Waals surface area contributed by atoms with E-state index < -0.39 is 0 Å². The van der Waals surface area contributed by atoms with Crippen LogP contribution in [-0.4, -0.2) is 24.4 Å². The standard InChI is InChI=1S/C20H20N4O2/c1-12-14(10-21)6-5-7-15(12)11-22-20-17-9-19(26-4)18(25-3)8-16(17)13(2)23-24-20/h5-9H,11H2,1-4H3,(H,22,24). The van der Waals surface area contributed by atoms with E-state index in [0.29, 0.717) is 29.4 Å². The van der Waals surface area contributed by atoms with Gasteiger partial charge in [0, 0.05) is 17.3 Å². The molecular formula is C20H20N4O2. The van der Waals surface area contributed by atoms with Crippen LogP contribution >= 0.6 is 0 Å². The summed E-state index contributed by atoms with van der Waals surface area (Å²) in [5, 5.41) is 22.9. The summed E-state index contributed by atoms with van der Waals surface area (Å²) in [5.74, 6) is 1.95. The Bertz CT molecular complexity index is 1010. The van der Waals surface area contributed by atoms with Crippen molar-refractivity contribution in [2.75, 3.05) is 19.5 Å². The molecule has 0 saturated heterocycles. The van der Waals surface area contributed by atoms with Crippen LogP contribution in [0.4, 0.5) is 5.82 Å². The van der Waals surface area contributed by atoms with Gasteiger partial charge in [-0.25, -0.2) is 0 Å². The Labute approximate surface area is 152 Å². The van der Waals surface area contributed by atoms with Gasteiger partial charge >= 0.3 is 0 Å². The number of ether oxygens (including phenoxy) is 2. The fourth-order valence-corrected chi connectivity index (χ4v) is 2.91. The summed E-state index contributed by atoms with van der Waals surface area (Å²) in [6.07, 6.45) is 0. The number of benzene rings is 2. The van der Waals surface area contributed by atoms with Crippen molar-refractivity contribution in [1.29, 1.82) is 5.26 Å². The van der Waals surface area contributed by atoms with Crippen molar-refractivity contribution in [2.45, 2.75) is 20.4 Å². The Kier molecular flexibility index (Phi) is 4.90. The van der Waals surface area contributed by atoms with Gasteiger partial charge in [-0.1, -0.05) is 12.1 Å². The van der Waals surface area contributed by atoms with Crippen molar-refractivity contribution >= 4 is 16.6 Å². The Balaban J connectivity index is 2.01. The lowest BCUT2D eigenvalue weighted by Gasteiger charge is -2.14. The molecular weight excluding hydrogens is 328 g/mol. The highest BCUT2D eigenvalue weighted by Crippen LogP contribution is 2.35. The maximum Gasteiger partial charge on any atom is 0.161 e. The molecule has 0 atom stereocenters. The van der Waals surface area contributed by atoms with Gasteiger partial charge in [0.25, 0.3) is 0 Å². The third-order valence-electron chi connectivity index (χ3n) is 4.48. The van der Waals surface area contributed by atoms with Crippen LogP contribution in [0.2, 0.25) is 0 Å². The van der Waals surface area contributed by atoms with Gasteiger partial charge in [-0.15, -0.1) is 5.10 Å². The second-order valence-electron chi connectivity index (χ2n) is 5.94. The minimum Gasteiger partial charge on any atom is -0.493 e. The van der Waals surface area contributed by atoms with Gasteiger partial charge in [0.2, 0.25) is 0 Å². The van der Waals surface area contributed by atoms with Crippen molar-refractivity contribution < 1.29 is 9.47 Å². The van der Waals surface area contributed by atoms with E-state index in [9.17, 15) is 5.26 Å². The molecule has 0 unspecified atom stereocenters. The van der Waals surface area contributed by atoms with Gasteiger partial charge in [-0.05, 0) is 43.2 Å². The first-order valence-corrected chi connectivity index (χ1v) is 8.20. The summed E-state index contributed by atoms with van der Waals surface area (Å²) >= 11 is 0. The highest BCUT2D eigenvalue weighted by Gasteiger charge is 2.13. The summed E-state index contributed by atoms with van der Waals surface area (Å²) in [4.78, 5) is 0. The smallest absolute Gasteiger partial charge is 0.161 e. The molecule has 0 fully saturated rings. The van der Waals surface area contributed by atoms with Gasteiger partial charge < -0.3 is 14.8 Å². The van der Waals surface area contributed by atoms with Crippen molar-refractivity contribution in [3.05, 3.63) is 52.7 Å². The highest BCUT2D eigenvalue weighted by atomic mass is 16.5. The first-order chi connectivity index (χ1) is 12.6. The van der Waals surface area contributed by atoms with Crippen LogP contribution in [0.3, 0.4) is 0 Å². The van der Waals surface area contributed by atoms with Crippen molar-refractivity contribution in [2.24, 2.45) is 0 Å². The number of nitrogens with one attached hydrogen (secondary N) is 1. The number of rotatable bonds is 5. The molecule has 0 radical (unpaired) electrons.